The summed E-state index contributed by atoms with van der Waals surface area (Å²) in [4.78, 5) is 48.4. The van der Waals surface area contributed by atoms with Gasteiger partial charge in [0.2, 0.25) is 0 Å². The predicted octanol–water partition coefficient (Wildman–Crippen LogP) is 3.43. The molecular formula is C25H24ClN5O4. The van der Waals surface area contributed by atoms with Gasteiger partial charge in [-0.25, -0.2) is 9.97 Å². The van der Waals surface area contributed by atoms with Gasteiger partial charge in [0, 0.05) is 37.1 Å². The minimum atomic E-state index is -0.449. The number of piperidine rings is 1. The third kappa shape index (κ3) is 5.75. The summed E-state index contributed by atoms with van der Waals surface area (Å²) in [5.74, 6) is -0.421. The molecule has 1 aromatic heterocycles. The second-order valence-electron chi connectivity index (χ2n) is 7.96. The van der Waals surface area contributed by atoms with Gasteiger partial charge in [-0.05, 0) is 43.2 Å². The van der Waals surface area contributed by atoms with Crippen LogP contribution in [0.2, 0.25) is 5.02 Å². The molecule has 0 saturated carbocycles. The Labute approximate surface area is 207 Å². The van der Waals surface area contributed by atoms with E-state index in [-0.39, 0.29) is 23.5 Å². The van der Waals surface area contributed by atoms with Gasteiger partial charge in [0.05, 0.1) is 17.7 Å². The highest BCUT2D eigenvalue weighted by atomic mass is 35.5. The molecule has 35 heavy (non-hydrogen) atoms. The Morgan fingerprint density at radius 3 is 2.49 bits per heavy atom. The van der Waals surface area contributed by atoms with Crippen molar-refractivity contribution in [1.82, 2.24) is 20.2 Å². The van der Waals surface area contributed by atoms with Gasteiger partial charge in [-0.15, -0.1) is 0 Å². The van der Waals surface area contributed by atoms with Crippen LogP contribution in [0.3, 0.4) is 0 Å². The van der Waals surface area contributed by atoms with Gasteiger partial charge in [0.15, 0.2) is 11.5 Å². The number of carbonyl (C=O) groups is 3. The maximum Gasteiger partial charge on any atom is 0.273 e. The maximum absolute atomic E-state index is 13.0. The van der Waals surface area contributed by atoms with Crippen molar-refractivity contribution in [3.63, 3.8) is 0 Å². The summed E-state index contributed by atoms with van der Waals surface area (Å²) in [6.45, 7) is 0.962. The smallest absolute Gasteiger partial charge is 0.273 e. The van der Waals surface area contributed by atoms with Crippen molar-refractivity contribution >= 4 is 35.1 Å². The molecule has 3 amide bonds. The van der Waals surface area contributed by atoms with Crippen molar-refractivity contribution in [2.45, 2.75) is 18.9 Å². The van der Waals surface area contributed by atoms with Crippen LogP contribution < -0.4 is 15.4 Å². The first-order chi connectivity index (χ1) is 17.0. The summed E-state index contributed by atoms with van der Waals surface area (Å²) in [5.41, 5.74) is 0.836. The lowest BCUT2D eigenvalue weighted by Gasteiger charge is -2.32. The number of ether oxygens (including phenoxy) is 1. The fraction of sp³-hybridized carbons (Fsp3) is 0.240. The molecular weight excluding hydrogens is 470 g/mol. The number of anilines is 1. The molecule has 1 fully saturated rings. The molecule has 0 unspecified atom stereocenters. The highest BCUT2D eigenvalue weighted by Gasteiger charge is 2.27. The van der Waals surface area contributed by atoms with Gasteiger partial charge in [0.25, 0.3) is 17.7 Å². The molecule has 3 aromatic rings. The summed E-state index contributed by atoms with van der Waals surface area (Å²) in [5, 5.41) is 6.00. The predicted molar refractivity (Wildman–Crippen MR) is 131 cm³/mol. The van der Waals surface area contributed by atoms with Crippen molar-refractivity contribution < 1.29 is 19.1 Å². The Bertz CT molecular complexity index is 1240. The van der Waals surface area contributed by atoms with Crippen molar-refractivity contribution in [2.24, 2.45) is 0 Å². The number of nitrogens with zero attached hydrogens (tertiary/aromatic N) is 3. The van der Waals surface area contributed by atoms with Crippen molar-refractivity contribution in [3.8, 4) is 5.75 Å². The molecule has 10 heteroatoms. The van der Waals surface area contributed by atoms with Crippen LogP contribution in [0, 0.1) is 0 Å². The van der Waals surface area contributed by atoms with E-state index in [1.807, 2.05) is 0 Å². The number of benzene rings is 2. The van der Waals surface area contributed by atoms with Crippen molar-refractivity contribution in [3.05, 3.63) is 82.8 Å². The molecule has 180 valence electrons. The average molecular weight is 494 g/mol. The van der Waals surface area contributed by atoms with E-state index in [9.17, 15) is 14.4 Å². The molecule has 0 radical (unpaired) electrons. The lowest BCUT2D eigenvalue weighted by molar-refractivity contribution is 0.0698. The largest absolute Gasteiger partial charge is 0.497 e. The SMILES string of the molecule is COc1cccc(C(=O)Nc2nccnc2C(=O)NC2CCN(C(=O)c3ccccc3Cl)CC2)c1. The first-order valence-electron chi connectivity index (χ1n) is 11.1. The number of halogens is 1. The van der Waals surface area contributed by atoms with Gasteiger partial charge in [-0.1, -0.05) is 29.8 Å². The van der Waals surface area contributed by atoms with Crippen LogP contribution >= 0.6 is 11.6 Å². The monoisotopic (exact) mass is 493 g/mol. The number of nitrogens with one attached hydrogen (secondary N) is 2. The molecule has 0 spiro atoms. The number of rotatable bonds is 6. The molecule has 1 aliphatic rings. The molecule has 4 rings (SSSR count). The van der Waals surface area contributed by atoms with Crippen LogP contribution in [0.4, 0.5) is 5.82 Å². The summed E-state index contributed by atoms with van der Waals surface area (Å²) in [6.07, 6.45) is 3.94. The Kier molecular flexibility index (Phi) is 7.57. The van der Waals surface area contributed by atoms with Crippen LogP contribution in [0.1, 0.15) is 44.0 Å². The molecule has 0 aliphatic carbocycles. The minimum Gasteiger partial charge on any atom is -0.497 e. The van der Waals surface area contributed by atoms with Crippen LogP contribution in [0.25, 0.3) is 0 Å². The van der Waals surface area contributed by atoms with E-state index in [0.717, 1.165) is 0 Å². The van der Waals surface area contributed by atoms with Crippen molar-refractivity contribution in [1.29, 1.82) is 0 Å². The van der Waals surface area contributed by atoms with Gasteiger partial charge in [-0.3, -0.25) is 14.4 Å². The zero-order valence-corrected chi connectivity index (χ0v) is 19.8. The Balaban J connectivity index is 1.37. The first-order valence-corrected chi connectivity index (χ1v) is 11.4. The number of hydrogen-bond acceptors (Lipinski definition) is 6. The number of carbonyl (C=O) groups excluding carboxylic acids is 3. The third-order valence-electron chi connectivity index (χ3n) is 5.70. The van der Waals surface area contributed by atoms with E-state index in [4.69, 9.17) is 16.3 Å². The number of hydrogen-bond donors (Lipinski definition) is 2. The van der Waals surface area contributed by atoms with Gasteiger partial charge in [-0.2, -0.15) is 0 Å². The molecule has 2 heterocycles. The van der Waals surface area contributed by atoms with E-state index in [0.29, 0.717) is 47.8 Å². The van der Waals surface area contributed by atoms with Gasteiger partial charge >= 0.3 is 0 Å². The van der Waals surface area contributed by atoms with Crippen LogP contribution in [-0.4, -0.2) is 58.8 Å². The van der Waals surface area contributed by atoms with Gasteiger partial charge < -0.3 is 20.3 Å². The quantitative estimate of drug-likeness (QED) is 0.544. The standard InChI is InChI=1S/C25H24ClN5O4/c1-35-18-6-4-5-16(15-18)23(32)30-22-21(27-11-12-28-22)24(33)29-17-9-13-31(14-10-17)25(34)19-7-2-3-8-20(19)26/h2-8,11-12,15,17H,9-10,13-14H2,1H3,(H,29,33)(H,28,30,32). The van der Waals surface area contributed by atoms with Gasteiger partial charge in [0.1, 0.15) is 5.75 Å². The number of likely N-dealkylation sites (tertiary alicyclic amines) is 1. The summed E-state index contributed by atoms with van der Waals surface area (Å²) >= 11 is 6.16. The van der Waals surface area contributed by atoms with Crippen molar-refractivity contribution in [2.75, 3.05) is 25.5 Å². The maximum atomic E-state index is 13.0. The second kappa shape index (κ2) is 11.0. The molecule has 1 aliphatic heterocycles. The van der Waals surface area contributed by atoms with E-state index in [1.165, 1.54) is 19.5 Å². The topological polar surface area (TPSA) is 114 Å². The number of methoxy groups -OCH3 is 1. The highest BCUT2D eigenvalue weighted by Crippen LogP contribution is 2.21. The fourth-order valence-electron chi connectivity index (χ4n) is 3.83. The normalized spacial score (nSPS) is 13.7. The fourth-order valence-corrected chi connectivity index (χ4v) is 4.04. The second-order valence-corrected chi connectivity index (χ2v) is 8.37. The number of amides is 3. The minimum absolute atomic E-state index is 0.0123. The highest BCUT2D eigenvalue weighted by molar-refractivity contribution is 6.33. The van der Waals surface area contributed by atoms with Crippen LogP contribution in [-0.2, 0) is 0 Å². The van der Waals surface area contributed by atoms with E-state index in [2.05, 4.69) is 20.6 Å². The lowest BCUT2D eigenvalue weighted by atomic mass is 10.0. The van der Waals surface area contributed by atoms with E-state index in [1.54, 1.807) is 53.4 Å². The summed E-state index contributed by atoms with van der Waals surface area (Å²) in [7, 11) is 1.51. The average Bonchev–Trinajstić information content (AvgIpc) is 2.89. The Morgan fingerprint density at radius 2 is 1.74 bits per heavy atom. The third-order valence-corrected chi connectivity index (χ3v) is 6.03. The number of aromatic nitrogens is 2. The van der Waals surface area contributed by atoms with Crippen LogP contribution in [0.5, 0.6) is 5.75 Å². The van der Waals surface area contributed by atoms with E-state index >= 15 is 0 Å². The Morgan fingerprint density at radius 1 is 1.00 bits per heavy atom. The zero-order chi connectivity index (χ0) is 24.8. The molecule has 2 aromatic carbocycles. The molecule has 0 bridgehead atoms. The van der Waals surface area contributed by atoms with Crippen LogP contribution in [0.15, 0.2) is 60.9 Å². The molecule has 0 atom stereocenters. The summed E-state index contributed by atoms with van der Waals surface area (Å²) < 4.78 is 5.15. The lowest BCUT2D eigenvalue weighted by Crippen LogP contribution is -2.46. The Hall–Kier alpha value is -3.98. The first kappa shape index (κ1) is 24.2. The zero-order valence-electron chi connectivity index (χ0n) is 19.0. The molecule has 1 saturated heterocycles. The van der Waals surface area contributed by atoms with E-state index < -0.39 is 11.8 Å². The molecule has 2 N–H and O–H groups in total. The molecule has 9 nitrogen and oxygen atoms in total. The summed E-state index contributed by atoms with van der Waals surface area (Å²) in [6, 6.07) is 13.4.